The summed E-state index contributed by atoms with van der Waals surface area (Å²) in [6.07, 6.45) is 5.43. The first-order valence-electron chi connectivity index (χ1n) is 11.3. The van der Waals surface area contributed by atoms with E-state index in [0.717, 1.165) is 54.0 Å². The van der Waals surface area contributed by atoms with Crippen molar-refractivity contribution in [3.8, 4) is 5.82 Å². The zero-order valence-corrected chi connectivity index (χ0v) is 18.5. The molecule has 2 aromatic heterocycles. The number of carbonyl (C=O) groups is 1. The second-order valence-electron chi connectivity index (χ2n) is 8.37. The van der Waals surface area contributed by atoms with Gasteiger partial charge in [0.05, 0.1) is 23.0 Å². The summed E-state index contributed by atoms with van der Waals surface area (Å²) in [7, 11) is 0. The lowest BCUT2D eigenvalue weighted by Crippen LogP contribution is -2.37. The topological polar surface area (TPSA) is 96.8 Å². The Morgan fingerprint density at radius 3 is 2.85 bits per heavy atom. The SMILES string of the molecule is C[C@H](Nc1nccc(-n2cnc3cc(NC(=O)C4CCCNC4)ccc32)n1)c1ccccc1. The fraction of sp³-hybridized carbons (Fsp3) is 0.280. The van der Waals surface area contributed by atoms with E-state index in [4.69, 9.17) is 0 Å². The van der Waals surface area contributed by atoms with Crippen LogP contribution in [0.4, 0.5) is 11.6 Å². The summed E-state index contributed by atoms with van der Waals surface area (Å²) in [5.74, 6) is 1.34. The Morgan fingerprint density at radius 1 is 1.15 bits per heavy atom. The van der Waals surface area contributed by atoms with Gasteiger partial charge in [0.1, 0.15) is 12.1 Å². The van der Waals surface area contributed by atoms with Gasteiger partial charge in [-0.15, -0.1) is 0 Å². The van der Waals surface area contributed by atoms with E-state index < -0.39 is 0 Å². The van der Waals surface area contributed by atoms with Crippen molar-refractivity contribution in [2.24, 2.45) is 5.92 Å². The van der Waals surface area contributed by atoms with E-state index in [1.807, 2.05) is 47.0 Å². The van der Waals surface area contributed by atoms with Crippen LogP contribution in [0.1, 0.15) is 31.4 Å². The molecule has 8 nitrogen and oxygen atoms in total. The van der Waals surface area contributed by atoms with Crippen LogP contribution in [-0.4, -0.2) is 38.5 Å². The molecular formula is C25H27N7O. The van der Waals surface area contributed by atoms with Crippen LogP contribution in [0.15, 0.2) is 67.1 Å². The number of hydrogen-bond acceptors (Lipinski definition) is 6. The maximum absolute atomic E-state index is 12.6. The third-order valence-electron chi connectivity index (χ3n) is 6.02. The van der Waals surface area contributed by atoms with Gasteiger partial charge in [-0.05, 0) is 56.1 Å². The first-order chi connectivity index (χ1) is 16.2. The van der Waals surface area contributed by atoms with Crippen molar-refractivity contribution in [3.63, 3.8) is 0 Å². The Labute approximate surface area is 192 Å². The molecule has 4 aromatic rings. The number of aromatic nitrogens is 4. The quantitative estimate of drug-likeness (QED) is 0.420. The Balaban J connectivity index is 1.34. The number of hydrogen-bond donors (Lipinski definition) is 3. The van der Waals surface area contributed by atoms with E-state index in [2.05, 4.69) is 50.0 Å². The zero-order valence-electron chi connectivity index (χ0n) is 18.5. The molecule has 1 aliphatic heterocycles. The molecule has 3 N–H and O–H groups in total. The van der Waals surface area contributed by atoms with E-state index in [-0.39, 0.29) is 17.9 Å². The number of imidazole rings is 1. The second kappa shape index (κ2) is 9.38. The molecule has 2 aromatic carbocycles. The number of benzene rings is 2. The highest BCUT2D eigenvalue weighted by molar-refractivity contribution is 5.94. The first-order valence-corrected chi connectivity index (χ1v) is 11.3. The summed E-state index contributed by atoms with van der Waals surface area (Å²) in [4.78, 5) is 26.2. The van der Waals surface area contributed by atoms with Gasteiger partial charge in [0.15, 0.2) is 0 Å². The molecule has 0 saturated carbocycles. The summed E-state index contributed by atoms with van der Waals surface area (Å²) < 4.78 is 1.92. The predicted octanol–water partition coefficient (Wildman–Crippen LogP) is 3.93. The van der Waals surface area contributed by atoms with Gasteiger partial charge in [0, 0.05) is 18.4 Å². The maximum Gasteiger partial charge on any atom is 0.228 e. The van der Waals surface area contributed by atoms with Crippen LogP contribution in [0.25, 0.3) is 16.9 Å². The standard InChI is InChI=1S/C25H27N7O/c1-17(18-6-3-2-4-7-18)29-25-27-13-11-23(31-25)32-16-28-21-14-20(9-10-22(21)32)30-24(33)19-8-5-12-26-15-19/h2-4,6-7,9-11,13-14,16-17,19,26H,5,8,12,15H2,1H3,(H,30,33)(H,27,29,31)/t17-,19?/m0/s1. The number of amides is 1. The number of piperidine rings is 1. The lowest BCUT2D eigenvalue weighted by molar-refractivity contribution is -0.120. The van der Waals surface area contributed by atoms with E-state index in [1.54, 1.807) is 12.5 Å². The molecule has 33 heavy (non-hydrogen) atoms. The fourth-order valence-electron chi connectivity index (χ4n) is 4.16. The molecule has 1 saturated heterocycles. The average molecular weight is 442 g/mol. The predicted molar refractivity (Wildman–Crippen MR) is 129 cm³/mol. The zero-order chi connectivity index (χ0) is 22.6. The number of carbonyl (C=O) groups excluding carboxylic acids is 1. The molecule has 168 valence electrons. The number of nitrogens with zero attached hydrogens (tertiary/aromatic N) is 4. The number of nitrogens with one attached hydrogen (secondary N) is 3. The minimum Gasteiger partial charge on any atom is -0.348 e. The monoisotopic (exact) mass is 441 g/mol. The van der Waals surface area contributed by atoms with E-state index >= 15 is 0 Å². The van der Waals surface area contributed by atoms with Crippen LogP contribution in [0.2, 0.25) is 0 Å². The number of rotatable bonds is 6. The highest BCUT2D eigenvalue weighted by atomic mass is 16.1. The van der Waals surface area contributed by atoms with Crippen LogP contribution in [0.3, 0.4) is 0 Å². The van der Waals surface area contributed by atoms with Crippen molar-refractivity contribution in [2.45, 2.75) is 25.8 Å². The summed E-state index contributed by atoms with van der Waals surface area (Å²) in [5.41, 5.74) is 3.62. The van der Waals surface area contributed by atoms with Gasteiger partial charge in [-0.3, -0.25) is 9.36 Å². The molecular weight excluding hydrogens is 414 g/mol. The molecule has 5 rings (SSSR count). The average Bonchev–Trinajstić information content (AvgIpc) is 3.28. The summed E-state index contributed by atoms with van der Waals surface area (Å²) in [5, 5.41) is 9.68. The molecule has 0 radical (unpaired) electrons. The molecule has 8 heteroatoms. The van der Waals surface area contributed by atoms with Crippen molar-refractivity contribution in [1.82, 2.24) is 24.8 Å². The molecule has 2 atom stereocenters. The minimum atomic E-state index is 0.0113. The van der Waals surface area contributed by atoms with Gasteiger partial charge in [0.25, 0.3) is 0 Å². The second-order valence-corrected chi connectivity index (χ2v) is 8.37. The third kappa shape index (κ3) is 4.70. The van der Waals surface area contributed by atoms with Crippen LogP contribution < -0.4 is 16.0 Å². The molecule has 3 heterocycles. The third-order valence-corrected chi connectivity index (χ3v) is 6.02. The van der Waals surface area contributed by atoms with Gasteiger partial charge in [-0.25, -0.2) is 9.97 Å². The van der Waals surface area contributed by atoms with Gasteiger partial charge in [-0.1, -0.05) is 30.3 Å². The maximum atomic E-state index is 12.6. The van der Waals surface area contributed by atoms with Crippen LogP contribution in [0, 0.1) is 5.92 Å². The van der Waals surface area contributed by atoms with Crippen LogP contribution in [-0.2, 0) is 4.79 Å². The van der Waals surface area contributed by atoms with Gasteiger partial charge < -0.3 is 16.0 Å². The molecule has 0 aliphatic carbocycles. The molecule has 1 fully saturated rings. The van der Waals surface area contributed by atoms with Crippen molar-refractivity contribution >= 4 is 28.6 Å². The summed E-state index contributed by atoms with van der Waals surface area (Å²) in [6.45, 7) is 3.80. The Bertz CT molecular complexity index is 1250. The van der Waals surface area contributed by atoms with Crippen molar-refractivity contribution < 1.29 is 4.79 Å². The van der Waals surface area contributed by atoms with Gasteiger partial charge >= 0.3 is 0 Å². The molecule has 1 aliphatic rings. The summed E-state index contributed by atoms with van der Waals surface area (Å²) >= 11 is 0. The van der Waals surface area contributed by atoms with E-state index in [1.165, 1.54) is 0 Å². The van der Waals surface area contributed by atoms with Gasteiger partial charge in [0.2, 0.25) is 11.9 Å². The Morgan fingerprint density at radius 2 is 2.03 bits per heavy atom. The number of anilines is 2. The number of fused-ring (bicyclic) bond motifs is 1. The lowest BCUT2D eigenvalue weighted by atomic mass is 9.99. The van der Waals surface area contributed by atoms with E-state index in [9.17, 15) is 4.79 Å². The summed E-state index contributed by atoms with van der Waals surface area (Å²) in [6, 6.07) is 17.9. The fourth-order valence-corrected chi connectivity index (χ4v) is 4.16. The molecule has 1 amide bonds. The normalized spacial score (nSPS) is 16.9. The van der Waals surface area contributed by atoms with Crippen molar-refractivity contribution in [1.29, 1.82) is 0 Å². The Hall–Kier alpha value is -3.78. The smallest absolute Gasteiger partial charge is 0.228 e. The van der Waals surface area contributed by atoms with E-state index in [0.29, 0.717) is 5.95 Å². The van der Waals surface area contributed by atoms with Crippen molar-refractivity contribution in [3.05, 3.63) is 72.7 Å². The van der Waals surface area contributed by atoms with Gasteiger partial charge in [-0.2, -0.15) is 4.98 Å². The first kappa shape index (κ1) is 21.1. The Kier molecular flexibility index (Phi) is 5.99. The molecule has 0 spiro atoms. The van der Waals surface area contributed by atoms with Crippen molar-refractivity contribution in [2.75, 3.05) is 23.7 Å². The molecule has 0 bridgehead atoms. The highest BCUT2D eigenvalue weighted by Gasteiger charge is 2.21. The molecule has 1 unspecified atom stereocenters. The highest BCUT2D eigenvalue weighted by Crippen LogP contribution is 2.23. The van der Waals surface area contributed by atoms with Crippen LogP contribution in [0.5, 0.6) is 0 Å². The largest absolute Gasteiger partial charge is 0.348 e. The van der Waals surface area contributed by atoms with Crippen LogP contribution >= 0.6 is 0 Å². The minimum absolute atomic E-state index is 0.0113. The lowest BCUT2D eigenvalue weighted by Gasteiger charge is -2.21.